The number of hydrogen-bond donors (Lipinski definition) is 1. The summed E-state index contributed by atoms with van der Waals surface area (Å²) in [5.74, 6) is -0.754. The second-order valence-electron chi connectivity index (χ2n) is 2.19. The summed E-state index contributed by atoms with van der Waals surface area (Å²) in [6.07, 6.45) is 0. The fraction of sp³-hybridized carbons (Fsp3) is 0.800. The normalized spacial score (nSPS) is 21.4. The van der Waals surface area contributed by atoms with Crippen molar-refractivity contribution in [3.05, 3.63) is 0 Å². The molecule has 0 aromatic heterocycles. The van der Waals surface area contributed by atoms with Crippen molar-refractivity contribution in [3.63, 3.8) is 0 Å². The topological polar surface area (TPSA) is 40.5 Å². The third-order valence-corrected chi connectivity index (χ3v) is 2.44. The van der Waals surface area contributed by atoms with E-state index in [1.807, 2.05) is 0 Å². The van der Waals surface area contributed by atoms with Crippen LogP contribution in [-0.4, -0.2) is 33.6 Å². The van der Waals surface area contributed by atoms with Crippen molar-refractivity contribution in [1.82, 2.24) is 4.90 Å². The standard InChI is InChI=1S/C5H8INO2/c6-3-7-1-4(2-7)5(8)9/h4H,1-3H2,(H,8,9). The highest BCUT2D eigenvalue weighted by Crippen LogP contribution is 2.15. The van der Waals surface area contributed by atoms with Gasteiger partial charge in [-0.3, -0.25) is 9.69 Å². The average Bonchev–Trinajstić information content (AvgIpc) is 1.61. The zero-order valence-corrected chi connectivity index (χ0v) is 7.04. The van der Waals surface area contributed by atoms with Crippen molar-refractivity contribution in [2.24, 2.45) is 5.92 Å². The molecule has 0 aromatic rings. The van der Waals surface area contributed by atoms with Gasteiger partial charge in [-0.1, -0.05) is 22.6 Å². The van der Waals surface area contributed by atoms with E-state index in [1.165, 1.54) is 0 Å². The first-order valence-corrected chi connectivity index (χ1v) is 4.27. The number of hydrogen-bond acceptors (Lipinski definition) is 2. The van der Waals surface area contributed by atoms with Crippen molar-refractivity contribution >= 4 is 28.6 Å². The molecule has 0 saturated carbocycles. The van der Waals surface area contributed by atoms with Crippen LogP contribution in [0.5, 0.6) is 0 Å². The molecule has 1 heterocycles. The Bertz CT molecular complexity index is 122. The van der Waals surface area contributed by atoms with Crippen LogP contribution in [0.1, 0.15) is 0 Å². The monoisotopic (exact) mass is 241 g/mol. The molecule has 0 atom stereocenters. The van der Waals surface area contributed by atoms with Gasteiger partial charge in [-0.15, -0.1) is 0 Å². The number of nitrogens with zero attached hydrogens (tertiary/aromatic N) is 1. The number of aliphatic carboxylic acids is 1. The quantitative estimate of drug-likeness (QED) is 0.432. The summed E-state index contributed by atoms with van der Waals surface area (Å²) in [6.45, 7) is 1.47. The minimum Gasteiger partial charge on any atom is -0.481 e. The molecule has 1 fully saturated rings. The Labute approximate surface area is 67.2 Å². The van der Waals surface area contributed by atoms with Crippen LogP contribution in [0, 0.1) is 5.92 Å². The highest BCUT2D eigenvalue weighted by molar-refractivity contribution is 14.1. The molecular formula is C5H8INO2. The predicted octanol–water partition coefficient (Wildman–Crippen LogP) is 0.395. The van der Waals surface area contributed by atoms with Gasteiger partial charge in [0.25, 0.3) is 0 Å². The van der Waals surface area contributed by atoms with Gasteiger partial charge in [0.05, 0.1) is 10.5 Å². The first kappa shape index (κ1) is 7.27. The van der Waals surface area contributed by atoms with Crippen LogP contribution in [0.25, 0.3) is 0 Å². The van der Waals surface area contributed by atoms with Crippen molar-refractivity contribution in [2.45, 2.75) is 0 Å². The van der Waals surface area contributed by atoms with Crippen molar-refractivity contribution in [2.75, 3.05) is 17.6 Å². The van der Waals surface area contributed by atoms with E-state index in [0.29, 0.717) is 0 Å². The number of alkyl halides is 1. The Morgan fingerprint density at radius 1 is 1.78 bits per heavy atom. The molecule has 1 saturated heterocycles. The molecule has 1 aliphatic heterocycles. The average molecular weight is 241 g/mol. The van der Waals surface area contributed by atoms with Crippen molar-refractivity contribution < 1.29 is 9.90 Å². The molecule has 0 spiro atoms. The largest absolute Gasteiger partial charge is 0.481 e. The van der Waals surface area contributed by atoms with E-state index in [9.17, 15) is 4.79 Å². The number of carboxylic acids is 1. The molecule has 52 valence electrons. The van der Waals surface area contributed by atoms with E-state index in [2.05, 4.69) is 27.5 Å². The summed E-state index contributed by atoms with van der Waals surface area (Å²) in [5.41, 5.74) is 0. The van der Waals surface area contributed by atoms with Crippen LogP contribution in [0.2, 0.25) is 0 Å². The van der Waals surface area contributed by atoms with Crippen LogP contribution in [0.15, 0.2) is 0 Å². The Balaban J connectivity index is 2.19. The summed E-state index contributed by atoms with van der Waals surface area (Å²) in [4.78, 5) is 12.3. The zero-order valence-electron chi connectivity index (χ0n) is 4.88. The maximum atomic E-state index is 10.2. The Kier molecular flexibility index (Phi) is 2.29. The van der Waals surface area contributed by atoms with E-state index >= 15 is 0 Å². The smallest absolute Gasteiger partial charge is 0.309 e. The lowest BCUT2D eigenvalue weighted by atomic mass is 10.0. The van der Waals surface area contributed by atoms with Crippen molar-refractivity contribution in [3.8, 4) is 0 Å². The Morgan fingerprint density at radius 2 is 2.33 bits per heavy atom. The van der Waals surface area contributed by atoms with E-state index in [4.69, 9.17) is 5.11 Å². The summed E-state index contributed by atoms with van der Waals surface area (Å²) < 4.78 is 0.946. The summed E-state index contributed by atoms with van der Waals surface area (Å²) in [6, 6.07) is 0. The Hall–Kier alpha value is 0.160. The summed E-state index contributed by atoms with van der Waals surface area (Å²) >= 11 is 2.23. The van der Waals surface area contributed by atoms with Crippen LogP contribution >= 0.6 is 22.6 Å². The molecule has 1 N–H and O–H groups in total. The highest BCUT2D eigenvalue weighted by atomic mass is 127. The number of carboxylic acid groups (broad SMARTS) is 1. The molecule has 1 rings (SSSR count). The van der Waals surface area contributed by atoms with E-state index in [0.717, 1.165) is 17.6 Å². The summed E-state index contributed by atoms with van der Waals surface area (Å²) in [5, 5.41) is 8.42. The van der Waals surface area contributed by atoms with Gasteiger partial charge in [0.1, 0.15) is 0 Å². The van der Waals surface area contributed by atoms with E-state index < -0.39 is 5.97 Å². The maximum absolute atomic E-state index is 10.2. The predicted molar refractivity (Wildman–Crippen MR) is 41.6 cm³/mol. The van der Waals surface area contributed by atoms with Crippen LogP contribution in [-0.2, 0) is 4.79 Å². The van der Waals surface area contributed by atoms with Gasteiger partial charge in [-0.25, -0.2) is 0 Å². The molecule has 0 amide bonds. The summed E-state index contributed by atoms with van der Waals surface area (Å²) in [7, 11) is 0. The lowest BCUT2D eigenvalue weighted by Gasteiger charge is -2.34. The number of rotatable bonds is 2. The molecule has 0 aliphatic carbocycles. The van der Waals surface area contributed by atoms with E-state index in [-0.39, 0.29) is 5.92 Å². The third kappa shape index (κ3) is 1.54. The first-order chi connectivity index (χ1) is 4.24. The van der Waals surface area contributed by atoms with Gasteiger partial charge in [-0.05, 0) is 0 Å². The first-order valence-electron chi connectivity index (χ1n) is 2.75. The number of likely N-dealkylation sites (tertiary alicyclic amines) is 1. The molecule has 0 radical (unpaired) electrons. The van der Waals surface area contributed by atoms with Gasteiger partial charge in [0.15, 0.2) is 0 Å². The molecule has 0 unspecified atom stereocenters. The molecule has 9 heavy (non-hydrogen) atoms. The molecule has 0 bridgehead atoms. The highest BCUT2D eigenvalue weighted by Gasteiger charge is 2.31. The SMILES string of the molecule is O=C(O)C1CN(CI)C1. The fourth-order valence-electron chi connectivity index (χ4n) is 0.824. The van der Waals surface area contributed by atoms with Crippen LogP contribution in [0.4, 0.5) is 0 Å². The van der Waals surface area contributed by atoms with Crippen LogP contribution < -0.4 is 0 Å². The zero-order chi connectivity index (χ0) is 6.85. The van der Waals surface area contributed by atoms with Gasteiger partial charge >= 0.3 is 5.97 Å². The Morgan fingerprint density at radius 3 is 2.67 bits per heavy atom. The van der Waals surface area contributed by atoms with Gasteiger partial charge in [0.2, 0.25) is 0 Å². The van der Waals surface area contributed by atoms with Gasteiger partial charge in [-0.2, -0.15) is 0 Å². The number of halogens is 1. The molecule has 4 heteroatoms. The molecule has 3 nitrogen and oxygen atoms in total. The fourth-order valence-corrected chi connectivity index (χ4v) is 1.38. The minimum absolute atomic E-state index is 0.0974. The lowest BCUT2D eigenvalue weighted by molar-refractivity contribution is -0.146. The second kappa shape index (κ2) is 2.83. The van der Waals surface area contributed by atoms with Crippen molar-refractivity contribution in [1.29, 1.82) is 0 Å². The minimum atomic E-state index is -0.656. The molecular weight excluding hydrogens is 233 g/mol. The van der Waals surface area contributed by atoms with Gasteiger partial charge in [0, 0.05) is 13.1 Å². The van der Waals surface area contributed by atoms with E-state index in [1.54, 1.807) is 0 Å². The maximum Gasteiger partial charge on any atom is 0.309 e. The second-order valence-corrected chi connectivity index (χ2v) is 2.87. The molecule has 1 aliphatic rings. The third-order valence-electron chi connectivity index (χ3n) is 1.48. The van der Waals surface area contributed by atoms with Gasteiger partial charge < -0.3 is 5.11 Å². The molecule has 0 aromatic carbocycles. The lowest BCUT2D eigenvalue weighted by Crippen LogP contribution is -2.49. The van der Waals surface area contributed by atoms with Crippen LogP contribution in [0.3, 0.4) is 0 Å². The number of carbonyl (C=O) groups is 1.